The average Bonchev–Trinajstić information content (AvgIpc) is 3.32. The van der Waals surface area contributed by atoms with E-state index in [0.29, 0.717) is 0 Å². The van der Waals surface area contributed by atoms with Crippen LogP contribution in [0.4, 0.5) is 16.2 Å². The first-order valence-electron chi connectivity index (χ1n) is 14.7. The number of anilines is 2. The molecule has 4 rings (SSSR count). The summed E-state index contributed by atoms with van der Waals surface area (Å²) in [6.07, 6.45) is 4.38. The second-order valence-electron chi connectivity index (χ2n) is 11.6. The van der Waals surface area contributed by atoms with Gasteiger partial charge in [-0.2, -0.15) is 0 Å². The van der Waals surface area contributed by atoms with E-state index >= 15 is 0 Å². The van der Waals surface area contributed by atoms with Crippen molar-refractivity contribution in [1.29, 1.82) is 0 Å². The Kier molecular flexibility index (Phi) is 11.8. The van der Waals surface area contributed by atoms with Crippen LogP contribution in [0.15, 0.2) is 47.4 Å². The van der Waals surface area contributed by atoms with Crippen molar-refractivity contribution in [3.05, 3.63) is 48.3 Å². The van der Waals surface area contributed by atoms with Gasteiger partial charge in [0.25, 0.3) is 0 Å². The molecule has 1 aliphatic rings. The van der Waals surface area contributed by atoms with Crippen LogP contribution in [0, 0.1) is 5.92 Å². The molecule has 0 bridgehead atoms. The third-order valence-corrected chi connectivity index (χ3v) is 8.24. The summed E-state index contributed by atoms with van der Waals surface area (Å²) >= 11 is 1.64. The Morgan fingerprint density at radius 2 is 1.75 bits per heavy atom. The molecule has 40 heavy (non-hydrogen) atoms. The quantitative estimate of drug-likeness (QED) is 0.268. The number of nitrogens with one attached hydrogen (secondary N) is 2. The van der Waals surface area contributed by atoms with Gasteiger partial charge < -0.3 is 24.2 Å². The fourth-order valence-electron chi connectivity index (χ4n) is 4.68. The Morgan fingerprint density at radius 3 is 2.27 bits per heavy atom. The van der Waals surface area contributed by atoms with Crippen LogP contribution in [0.5, 0.6) is 0 Å². The Labute approximate surface area is 245 Å². The van der Waals surface area contributed by atoms with E-state index in [0.717, 1.165) is 66.1 Å². The van der Waals surface area contributed by atoms with Crippen molar-refractivity contribution < 1.29 is 9.53 Å². The third kappa shape index (κ3) is 8.90. The van der Waals surface area contributed by atoms with E-state index in [-0.39, 0.29) is 17.5 Å². The summed E-state index contributed by atoms with van der Waals surface area (Å²) in [5, 5.41) is 5.91. The van der Waals surface area contributed by atoms with Gasteiger partial charge in [-0.05, 0) is 92.9 Å². The second kappa shape index (κ2) is 14.8. The number of hydrogen-bond acceptors (Lipinski definition) is 5. The van der Waals surface area contributed by atoms with Gasteiger partial charge in [-0.15, -0.1) is 0 Å². The molecule has 0 spiro atoms. The molecule has 1 fully saturated rings. The van der Waals surface area contributed by atoms with E-state index in [1.165, 1.54) is 18.4 Å². The van der Waals surface area contributed by atoms with Crippen LogP contribution in [0.3, 0.4) is 0 Å². The summed E-state index contributed by atoms with van der Waals surface area (Å²) in [5.41, 5.74) is 4.07. The summed E-state index contributed by atoms with van der Waals surface area (Å²) in [7, 11) is 2.06. The van der Waals surface area contributed by atoms with Crippen LogP contribution in [0.1, 0.15) is 80.0 Å². The van der Waals surface area contributed by atoms with Gasteiger partial charge in [0.1, 0.15) is 5.82 Å². The maximum Gasteiger partial charge on any atom is 0.319 e. The second-order valence-corrected chi connectivity index (χ2v) is 12.8. The number of benzene rings is 2. The molecule has 2 N–H and O–H groups in total. The topological polar surface area (TPSA) is 71.4 Å². The number of ether oxygens (including phenoxy) is 1. The number of carbonyl (C=O) groups excluding carboxylic acids is 1. The lowest BCUT2D eigenvalue weighted by Gasteiger charge is -2.19. The SMILES string of the molecule is CC1CCOCC1.CCC(CC)NC(=O)Nc1ccc(SN(C)c2ccc3c(c2)nc(C(C)(C)C)n3CC)cc1. The van der Waals surface area contributed by atoms with Crippen LogP contribution < -0.4 is 14.9 Å². The zero-order valence-electron chi connectivity index (χ0n) is 25.7. The molecule has 2 heterocycles. The number of aryl methyl sites for hydroxylation is 1. The standard InChI is InChI=1S/C26H37N5OS.C6H12O/c1-8-18(9-2)27-25(32)28-19-11-14-21(15-12-19)33-30(7)20-13-16-23-22(17-20)29-24(26(4,5)6)31(23)10-3;1-6-2-4-7-5-3-6/h11-18H,8-10H2,1-7H3,(H2,27,28,32);6H,2-5H2,1H3. The normalized spacial score (nSPS) is 14.1. The van der Waals surface area contributed by atoms with E-state index in [2.05, 4.69) is 93.2 Å². The Morgan fingerprint density at radius 1 is 1.10 bits per heavy atom. The number of fused-ring (bicyclic) bond motifs is 1. The lowest BCUT2D eigenvalue weighted by Crippen LogP contribution is -2.37. The number of aromatic nitrogens is 2. The van der Waals surface area contributed by atoms with Crippen LogP contribution >= 0.6 is 11.9 Å². The van der Waals surface area contributed by atoms with Crippen molar-refractivity contribution in [3.8, 4) is 0 Å². The highest BCUT2D eigenvalue weighted by atomic mass is 32.2. The van der Waals surface area contributed by atoms with Crippen molar-refractivity contribution in [2.75, 3.05) is 29.9 Å². The minimum absolute atomic E-state index is 0.00345. The molecular weight excluding hydrogens is 518 g/mol. The van der Waals surface area contributed by atoms with Crippen LogP contribution in [-0.4, -0.2) is 41.9 Å². The molecule has 2 amide bonds. The fraction of sp³-hybridized carbons (Fsp3) is 0.562. The molecule has 2 aromatic carbocycles. The highest BCUT2D eigenvalue weighted by Gasteiger charge is 2.22. The predicted molar refractivity (Wildman–Crippen MR) is 171 cm³/mol. The summed E-state index contributed by atoms with van der Waals surface area (Å²) < 4.78 is 9.59. The van der Waals surface area contributed by atoms with Crippen molar-refractivity contribution in [3.63, 3.8) is 0 Å². The van der Waals surface area contributed by atoms with Gasteiger partial charge in [0.05, 0.1) is 11.0 Å². The van der Waals surface area contributed by atoms with Crippen molar-refractivity contribution >= 4 is 40.4 Å². The number of urea groups is 1. The first-order valence-corrected chi connectivity index (χ1v) is 15.5. The molecule has 7 nitrogen and oxygen atoms in total. The van der Waals surface area contributed by atoms with Crippen molar-refractivity contribution in [1.82, 2.24) is 14.9 Å². The summed E-state index contributed by atoms with van der Waals surface area (Å²) in [4.78, 5) is 18.2. The van der Waals surface area contributed by atoms with Gasteiger partial charge in [-0.1, -0.05) is 41.5 Å². The molecule has 1 saturated heterocycles. The highest BCUT2D eigenvalue weighted by Crippen LogP contribution is 2.32. The largest absolute Gasteiger partial charge is 0.381 e. The maximum atomic E-state index is 12.2. The fourth-order valence-corrected chi connectivity index (χ4v) is 5.47. The zero-order valence-corrected chi connectivity index (χ0v) is 26.5. The van der Waals surface area contributed by atoms with Crippen molar-refractivity contribution in [2.45, 2.75) is 97.0 Å². The van der Waals surface area contributed by atoms with Gasteiger partial charge in [-0.3, -0.25) is 0 Å². The van der Waals surface area contributed by atoms with Gasteiger partial charge in [0.15, 0.2) is 0 Å². The number of rotatable bonds is 8. The first kappa shape index (κ1) is 31.8. The molecule has 220 valence electrons. The predicted octanol–water partition coefficient (Wildman–Crippen LogP) is 8.24. The minimum Gasteiger partial charge on any atom is -0.381 e. The monoisotopic (exact) mass is 567 g/mol. The Bertz CT molecular complexity index is 1210. The smallest absolute Gasteiger partial charge is 0.319 e. The molecule has 0 aliphatic carbocycles. The number of imidazole rings is 1. The average molecular weight is 568 g/mol. The van der Waals surface area contributed by atoms with E-state index in [9.17, 15) is 4.79 Å². The lowest BCUT2D eigenvalue weighted by molar-refractivity contribution is 0.0716. The molecule has 0 radical (unpaired) electrons. The van der Waals surface area contributed by atoms with Gasteiger partial charge in [-0.25, -0.2) is 9.78 Å². The van der Waals surface area contributed by atoms with Crippen molar-refractivity contribution in [2.24, 2.45) is 5.92 Å². The highest BCUT2D eigenvalue weighted by molar-refractivity contribution is 8.00. The van der Waals surface area contributed by atoms with E-state index < -0.39 is 0 Å². The molecule has 0 unspecified atom stereocenters. The van der Waals surface area contributed by atoms with Gasteiger partial charge in [0, 0.05) is 54.5 Å². The number of amides is 2. The van der Waals surface area contributed by atoms with E-state index in [4.69, 9.17) is 9.72 Å². The van der Waals surface area contributed by atoms with E-state index in [1.54, 1.807) is 11.9 Å². The summed E-state index contributed by atoms with van der Waals surface area (Å²) in [5.74, 6) is 2.03. The first-order chi connectivity index (χ1) is 19.0. The molecule has 3 aromatic rings. The maximum absolute atomic E-state index is 12.2. The zero-order chi connectivity index (χ0) is 29.3. The van der Waals surface area contributed by atoms with Crippen LogP contribution in [0.25, 0.3) is 11.0 Å². The molecule has 0 saturated carbocycles. The number of nitrogens with zero attached hydrogens (tertiary/aromatic N) is 3. The molecule has 8 heteroatoms. The van der Waals surface area contributed by atoms with Gasteiger partial charge in [0.2, 0.25) is 0 Å². The Balaban J connectivity index is 0.000000547. The summed E-state index contributed by atoms with van der Waals surface area (Å²) in [6, 6.07) is 14.4. The molecule has 1 aliphatic heterocycles. The number of carbonyl (C=O) groups is 1. The minimum atomic E-state index is -0.157. The molecule has 1 aromatic heterocycles. The lowest BCUT2D eigenvalue weighted by atomic mass is 9.96. The number of hydrogen-bond donors (Lipinski definition) is 2. The van der Waals surface area contributed by atoms with Crippen LogP contribution in [0.2, 0.25) is 0 Å². The van der Waals surface area contributed by atoms with E-state index in [1.807, 2.05) is 24.3 Å². The molecular formula is C32H49N5O2S. The van der Waals surface area contributed by atoms with Crippen LogP contribution in [-0.2, 0) is 16.7 Å². The van der Waals surface area contributed by atoms with Gasteiger partial charge >= 0.3 is 6.03 Å². The third-order valence-electron chi connectivity index (χ3n) is 7.27. The molecule has 0 atom stereocenters. The Hall–Kier alpha value is -2.71. The summed E-state index contributed by atoms with van der Waals surface area (Å²) in [6.45, 7) is 18.1.